The number of hydrogen-bond acceptors (Lipinski definition) is 3. The molecule has 0 aliphatic heterocycles. The van der Waals surface area contributed by atoms with E-state index in [2.05, 4.69) is 16.5 Å². The molecule has 6 heteroatoms. The van der Waals surface area contributed by atoms with Crippen LogP contribution in [0.3, 0.4) is 0 Å². The van der Waals surface area contributed by atoms with Crippen LogP contribution in [0.25, 0.3) is 0 Å². The molecule has 2 aromatic carbocycles. The molecular formula is C20H20ClN3O2. The average molecular weight is 370 g/mol. The van der Waals surface area contributed by atoms with Crippen molar-refractivity contribution in [1.29, 1.82) is 0 Å². The third kappa shape index (κ3) is 4.64. The van der Waals surface area contributed by atoms with Gasteiger partial charge < -0.3 is 10.1 Å². The van der Waals surface area contributed by atoms with Gasteiger partial charge in [-0.2, -0.15) is 5.10 Å². The van der Waals surface area contributed by atoms with E-state index >= 15 is 0 Å². The molecule has 0 aliphatic rings. The van der Waals surface area contributed by atoms with Crippen molar-refractivity contribution >= 4 is 17.5 Å². The molecule has 0 fully saturated rings. The predicted molar refractivity (Wildman–Crippen MR) is 101 cm³/mol. The molecule has 0 spiro atoms. The fraction of sp³-hybridized carbons (Fsp3) is 0.200. The summed E-state index contributed by atoms with van der Waals surface area (Å²) in [7, 11) is 0. The first-order chi connectivity index (χ1) is 12.5. The topological polar surface area (TPSA) is 56.1 Å². The summed E-state index contributed by atoms with van der Waals surface area (Å²) in [6.07, 6.45) is 1.72. The van der Waals surface area contributed by atoms with Gasteiger partial charge in [0, 0.05) is 17.8 Å². The number of carbonyl (C=O) groups excluding carboxylic acids is 1. The molecule has 0 radical (unpaired) electrons. The Balaban J connectivity index is 1.57. The minimum Gasteiger partial charge on any atom is -0.471 e. The molecule has 3 rings (SSSR count). The van der Waals surface area contributed by atoms with E-state index in [1.54, 1.807) is 23.0 Å². The van der Waals surface area contributed by atoms with E-state index in [0.717, 1.165) is 22.4 Å². The van der Waals surface area contributed by atoms with Crippen LogP contribution in [0, 0.1) is 13.8 Å². The van der Waals surface area contributed by atoms with E-state index in [4.69, 9.17) is 16.3 Å². The highest BCUT2D eigenvalue weighted by Gasteiger charge is 2.10. The van der Waals surface area contributed by atoms with Crippen molar-refractivity contribution in [2.45, 2.75) is 27.1 Å². The number of benzene rings is 2. The van der Waals surface area contributed by atoms with Gasteiger partial charge in [-0.1, -0.05) is 35.9 Å². The zero-order valence-corrected chi connectivity index (χ0v) is 15.5. The van der Waals surface area contributed by atoms with Crippen LogP contribution in [-0.4, -0.2) is 15.7 Å². The van der Waals surface area contributed by atoms with E-state index < -0.39 is 0 Å². The summed E-state index contributed by atoms with van der Waals surface area (Å²) in [4.78, 5) is 12.2. The second kappa shape index (κ2) is 8.06. The first-order valence-electron chi connectivity index (χ1n) is 8.27. The maximum atomic E-state index is 12.2. The Hall–Kier alpha value is -2.79. The number of aryl methyl sites for hydroxylation is 2. The standard InChI is InChI=1S/C20H20ClN3O2/c1-14-9-15(2)11-17(10-14)26-13-24-8-7-19(23-24)20(25)22-12-16-5-3-4-6-18(16)21/h3-11H,12-13H2,1-2H3,(H,22,25). The van der Waals surface area contributed by atoms with Gasteiger partial charge >= 0.3 is 0 Å². The van der Waals surface area contributed by atoms with Gasteiger partial charge in [-0.25, -0.2) is 4.68 Å². The average Bonchev–Trinajstić information content (AvgIpc) is 3.07. The Morgan fingerprint density at radius 3 is 2.62 bits per heavy atom. The molecule has 0 aliphatic carbocycles. The van der Waals surface area contributed by atoms with Crippen LogP contribution < -0.4 is 10.1 Å². The molecule has 134 valence electrons. The number of nitrogens with zero attached hydrogens (tertiary/aromatic N) is 2. The maximum absolute atomic E-state index is 12.2. The fourth-order valence-corrected chi connectivity index (χ4v) is 2.82. The number of aromatic nitrogens is 2. The molecule has 0 atom stereocenters. The van der Waals surface area contributed by atoms with E-state index in [-0.39, 0.29) is 12.6 Å². The van der Waals surface area contributed by atoms with Crippen LogP contribution >= 0.6 is 11.6 Å². The molecule has 1 heterocycles. The molecule has 1 N–H and O–H groups in total. The summed E-state index contributed by atoms with van der Waals surface area (Å²) in [5, 5.41) is 7.69. The molecule has 26 heavy (non-hydrogen) atoms. The second-order valence-electron chi connectivity index (χ2n) is 6.11. The van der Waals surface area contributed by atoms with Crippen molar-refractivity contribution in [2.75, 3.05) is 0 Å². The zero-order valence-electron chi connectivity index (χ0n) is 14.7. The summed E-state index contributed by atoms with van der Waals surface area (Å²) < 4.78 is 7.33. The fourth-order valence-electron chi connectivity index (χ4n) is 2.62. The van der Waals surface area contributed by atoms with Gasteiger partial charge in [-0.3, -0.25) is 4.79 Å². The highest BCUT2D eigenvalue weighted by atomic mass is 35.5. The SMILES string of the molecule is Cc1cc(C)cc(OCn2ccc(C(=O)NCc3ccccc3Cl)n2)c1. The molecule has 0 bridgehead atoms. The lowest BCUT2D eigenvalue weighted by Gasteiger charge is -2.08. The molecule has 0 saturated heterocycles. The molecule has 3 aromatic rings. The van der Waals surface area contributed by atoms with E-state index in [9.17, 15) is 4.79 Å². The summed E-state index contributed by atoms with van der Waals surface area (Å²) >= 11 is 6.09. The third-order valence-electron chi connectivity index (χ3n) is 3.83. The highest BCUT2D eigenvalue weighted by Crippen LogP contribution is 2.17. The molecule has 0 saturated carbocycles. The molecule has 0 unspecified atom stereocenters. The van der Waals surface area contributed by atoms with Gasteiger partial charge in [0.1, 0.15) is 11.4 Å². The number of rotatable bonds is 6. The van der Waals surface area contributed by atoms with Crippen molar-refractivity contribution in [1.82, 2.24) is 15.1 Å². The van der Waals surface area contributed by atoms with E-state index in [0.29, 0.717) is 17.3 Å². The van der Waals surface area contributed by atoms with Crippen LogP contribution in [0.4, 0.5) is 0 Å². The van der Waals surface area contributed by atoms with Gasteiger partial charge in [-0.15, -0.1) is 0 Å². The van der Waals surface area contributed by atoms with Crippen LogP contribution in [0.5, 0.6) is 5.75 Å². The molecule has 1 amide bonds. The monoisotopic (exact) mass is 369 g/mol. The van der Waals surface area contributed by atoms with Gasteiger partial charge in [0.15, 0.2) is 6.73 Å². The summed E-state index contributed by atoms with van der Waals surface area (Å²) in [5.74, 6) is 0.526. The predicted octanol–water partition coefficient (Wildman–Crippen LogP) is 4.12. The number of hydrogen-bond donors (Lipinski definition) is 1. The van der Waals surface area contributed by atoms with Gasteiger partial charge in [0.25, 0.3) is 5.91 Å². The van der Waals surface area contributed by atoms with Crippen molar-refractivity contribution < 1.29 is 9.53 Å². The lowest BCUT2D eigenvalue weighted by Crippen LogP contribution is -2.23. The Labute approximate surface area is 157 Å². The van der Waals surface area contributed by atoms with Crippen molar-refractivity contribution in [2.24, 2.45) is 0 Å². The highest BCUT2D eigenvalue weighted by molar-refractivity contribution is 6.31. The number of halogens is 1. The van der Waals surface area contributed by atoms with Crippen LogP contribution in [0.1, 0.15) is 27.2 Å². The Bertz CT molecular complexity index is 901. The van der Waals surface area contributed by atoms with E-state index in [1.165, 1.54) is 0 Å². The van der Waals surface area contributed by atoms with Crippen molar-refractivity contribution in [3.8, 4) is 5.75 Å². The summed E-state index contributed by atoms with van der Waals surface area (Å²) in [5.41, 5.74) is 3.47. The first-order valence-corrected chi connectivity index (χ1v) is 8.65. The number of amides is 1. The summed E-state index contributed by atoms with van der Waals surface area (Å²) in [6.45, 7) is 4.63. The van der Waals surface area contributed by atoms with Crippen LogP contribution in [0.15, 0.2) is 54.7 Å². The Kier molecular flexibility index (Phi) is 5.58. The van der Waals surface area contributed by atoms with Gasteiger partial charge in [0.05, 0.1) is 0 Å². The van der Waals surface area contributed by atoms with Crippen LogP contribution in [-0.2, 0) is 13.3 Å². The molecule has 1 aromatic heterocycles. The minimum atomic E-state index is -0.255. The lowest BCUT2D eigenvalue weighted by atomic mass is 10.1. The lowest BCUT2D eigenvalue weighted by molar-refractivity contribution is 0.0944. The summed E-state index contributed by atoms with van der Waals surface area (Å²) in [6, 6.07) is 15.1. The quantitative estimate of drug-likeness (QED) is 0.711. The molecular weight excluding hydrogens is 350 g/mol. The number of ether oxygens (including phenoxy) is 1. The first kappa shape index (κ1) is 18.0. The second-order valence-corrected chi connectivity index (χ2v) is 6.52. The van der Waals surface area contributed by atoms with Crippen molar-refractivity contribution in [3.05, 3.63) is 82.1 Å². The maximum Gasteiger partial charge on any atom is 0.272 e. The number of carbonyl (C=O) groups is 1. The smallest absolute Gasteiger partial charge is 0.272 e. The number of nitrogens with one attached hydrogen (secondary N) is 1. The largest absolute Gasteiger partial charge is 0.471 e. The zero-order chi connectivity index (χ0) is 18.5. The Morgan fingerprint density at radius 2 is 1.88 bits per heavy atom. The molecule has 5 nitrogen and oxygen atoms in total. The van der Waals surface area contributed by atoms with Gasteiger partial charge in [0.2, 0.25) is 0 Å². The Morgan fingerprint density at radius 1 is 1.15 bits per heavy atom. The minimum absolute atomic E-state index is 0.237. The van der Waals surface area contributed by atoms with Crippen molar-refractivity contribution in [3.63, 3.8) is 0 Å². The van der Waals surface area contributed by atoms with Crippen LogP contribution in [0.2, 0.25) is 5.02 Å². The van der Waals surface area contributed by atoms with E-state index in [1.807, 2.05) is 44.2 Å². The third-order valence-corrected chi connectivity index (χ3v) is 4.20. The van der Waals surface area contributed by atoms with Gasteiger partial charge in [-0.05, 0) is 54.8 Å². The normalized spacial score (nSPS) is 10.6.